The van der Waals surface area contributed by atoms with Crippen molar-refractivity contribution >= 4 is 10.6 Å². The fourth-order valence-electron chi connectivity index (χ4n) is 3.92. The number of halogens is 3. The largest absolute Gasteiger partial charge is 0.471 e. The van der Waals surface area contributed by atoms with Crippen LogP contribution < -0.4 is 5.56 Å². The molecule has 5 rings (SSSR count). The molecule has 172 valence electrons. The first-order chi connectivity index (χ1) is 15.1. The van der Waals surface area contributed by atoms with E-state index in [9.17, 15) is 27.1 Å². The highest BCUT2D eigenvalue weighted by molar-refractivity contribution is 8.24. The van der Waals surface area contributed by atoms with Crippen LogP contribution in [0.5, 0.6) is 0 Å². The third-order valence-electron chi connectivity index (χ3n) is 5.65. The van der Waals surface area contributed by atoms with E-state index in [1.165, 1.54) is 16.8 Å². The summed E-state index contributed by atoms with van der Waals surface area (Å²) >= 11 is 0. The molecule has 4 heterocycles. The van der Waals surface area contributed by atoms with Crippen LogP contribution in [0.3, 0.4) is 0 Å². The summed E-state index contributed by atoms with van der Waals surface area (Å²) in [5, 5.41) is 7.95. The average molecular weight is 471 g/mol. The van der Waals surface area contributed by atoms with Crippen LogP contribution >= 0.6 is 10.6 Å². The van der Waals surface area contributed by atoms with Crippen molar-refractivity contribution in [1.29, 1.82) is 0 Å². The second-order valence-corrected chi connectivity index (χ2v) is 10.5. The standard InChI is InChI=1S/C19H20F3N5O4S/c20-19(21,22)18-23-17(25-31-18)12-3-5-26(16(28)7-12)9-13-8-15(11-1-2-11)27(24-13)14-4-6-32(29,30)10-14/h3,5,7-8,11,14,29-30H,1-2,4,6,9-10H2. The van der Waals surface area contributed by atoms with Gasteiger partial charge in [0.2, 0.25) is 5.82 Å². The van der Waals surface area contributed by atoms with Crippen LogP contribution in [0.25, 0.3) is 11.4 Å². The Morgan fingerprint density at radius 2 is 2.00 bits per heavy atom. The lowest BCUT2D eigenvalue weighted by Crippen LogP contribution is -2.20. The Bertz CT molecular complexity index is 1210. The summed E-state index contributed by atoms with van der Waals surface area (Å²) in [5.74, 6) is -0.754. The fourth-order valence-corrected chi connectivity index (χ4v) is 5.66. The zero-order valence-corrected chi connectivity index (χ0v) is 17.5. The molecule has 0 radical (unpaired) electrons. The maximum atomic E-state index is 12.7. The topological polar surface area (TPSA) is 119 Å². The van der Waals surface area contributed by atoms with Crippen LogP contribution in [0.1, 0.15) is 48.5 Å². The maximum Gasteiger partial charge on any atom is 0.471 e. The minimum atomic E-state index is -4.76. The monoisotopic (exact) mass is 471 g/mol. The summed E-state index contributed by atoms with van der Waals surface area (Å²) in [6, 6.07) is 4.45. The van der Waals surface area contributed by atoms with Gasteiger partial charge in [0.05, 0.1) is 24.0 Å². The number of hydrogen-bond acceptors (Lipinski definition) is 7. The van der Waals surface area contributed by atoms with E-state index >= 15 is 0 Å². The quantitative estimate of drug-likeness (QED) is 0.582. The first-order valence-electron chi connectivity index (χ1n) is 10.0. The van der Waals surface area contributed by atoms with Gasteiger partial charge in [-0.3, -0.25) is 18.6 Å². The molecule has 1 unspecified atom stereocenters. The van der Waals surface area contributed by atoms with Crippen molar-refractivity contribution in [3.8, 4) is 11.4 Å². The highest BCUT2D eigenvalue weighted by atomic mass is 32.3. The summed E-state index contributed by atoms with van der Waals surface area (Å²) in [7, 11) is -2.57. The molecule has 0 aromatic carbocycles. The van der Waals surface area contributed by atoms with E-state index in [2.05, 4.69) is 19.8 Å². The number of alkyl halides is 3. The van der Waals surface area contributed by atoms with Crippen LogP contribution in [-0.2, 0) is 12.7 Å². The molecule has 1 atom stereocenters. The van der Waals surface area contributed by atoms with Crippen LogP contribution in [-0.4, -0.2) is 45.1 Å². The highest BCUT2D eigenvalue weighted by Gasteiger charge is 2.39. The molecule has 13 heteroatoms. The SMILES string of the molecule is O=c1cc(-c2noc(C(F)(F)F)n2)ccn1Cc1cc(C2CC2)n(C2CCS(O)(O)C2)n1. The molecule has 1 saturated heterocycles. The van der Waals surface area contributed by atoms with Gasteiger partial charge in [0, 0.05) is 35.2 Å². The second-order valence-electron chi connectivity index (χ2n) is 8.20. The van der Waals surface area contributed by atoms with Crippen molar-refractivity contribution in [1.82, 2.24) is 24.5 Å². The minimum absolute atomic E-state index is 0.0792. The van der Waals surface area contributed by atoms with Crippen LogP contribution in [0.2, 0.25) is 0 Å². The van der Waals surface area contributed by atoms with Gasteiger partial charge >= 0.3 is 12.1 Å². The first kappa shape index (κ1) is 21.2. The van der Waals surface area contributed by atoms with Gasteiger partial charge in [0.25, 0.3) is 5.56 Å². The van der Waals surface area contributed by atoms with Crippen molar-refractivity contribution < 1.29 is 26.8 Å². The Labute approximate surface area is 181 Å². The van der Waals surface area contributed by atoms with Gasteiger partial charge in [0.1, 0.15) is 0 Å². The number of rotatable bonds is 5. The van der Waals surface area contributed by atoms with Gasteiger partial charge in [-0.15, -0.1) is 0 Å². The Hall–Kier alpha value is -2.64. The molecule has 3 aromatic heterocycles. The molecule has 9 nitrogen and oxygen atoms in total. The predicted molar refractivity (Wildman–Crippen MR) is 109 cm³/mol. The average Bonchev–Trinajstić information content (AvgIpc) is 3.11. The minimum Gasteiger partial charge on any atom is -0.329 e. The lowest BCUT2D eigenvalue weighted by Gasteiger charge is -2.26. The Morgan fingerprint density at radius 3 is 2.59 bits per heavy atom. The zero-order valence-electron chi connectivity index (χ0n) is 16.7. The van der Waals surface area contributed by atoms with Crippen LogP contribution in [0, 0.1) is 0 Å². The lowest BCUT2D eigenvalue weighted by atomic mass is 10.2. The summed E-state index contributed by atoms with van der Waals surface area (Å²) < 4.78 is 65.4. The van der Waals surface area contributed by atoms with Crippen molar-refractivity contribution in [2.24, 2.45) is 0 Å². The Morgan fingerprint density at radius 1 is 1.22 bits per heavy atom. The molecule has 32 heavy (non-hydrogen) atoms. The molecule has 1 aliphatic heterocycles. The summed E-state index contributed by atoms with van der Waals surface area (Å²) in [6.07, 6.45) is -0.572. The van der Waals surface area contributed by atoms with Crippen molar-refractivity contribution in [2.75, 3.05) is 11.5 Å². The summed E-state index contributed by atoms with van der Waals surface area (Å²) in [6.45, 7) is 0.175. The molecular formula is C19H20F3N5O4S. The number of nitrogens with zero attached hydrogens (tertiary/aromatic N) is 5. The normalized spacial score (nSPS) is 21.7. The molecule has 0 amide bonds. The van der Waals surface area contributed by atoms with Gasteiger partial charge in [-0.1, -0.05) is 5.16 Å². The van der Waals surface area contributed by atoms with Crippen LogP contribution in [0.15, 0.2) is 33.7 Å². The van der Waals surface area contributed by atoms with Crippen molar-refractivity contribution in [3.05, 3.63) is 52.0 Å². The van der Waals surface area contributed by atoms with Gasteiger partial charge < -0.3 is 9.09 Å². The van der Waals surface area contributed by atoms with Crippen molar-refractivity contribution in [2.45, 2.75) is 43.9 Å². The third-order valence-corrected chi connectivity index (χ3v) is 7.46. The van der Waals surface area contributed by atoms with Gasteiger partial charge in [-0.2, -0.15) is 33.8 Å². The molecule has 0 bridgehead atoms. The molecule has 2 fully saturated rings. The van der Waals surface area contributed by atoms with E-state index in [4.69, 9.17) is 0 Å². The van der Waals surface area contributed by atoms with Crippen LogP contribution in [0.4, 0.5) is 13.2 Å². The van der Waals surface area contributed by atoms with E-state index in [-0.39, 0.29) is 29.7 Å². The van der Waals surface area contributed by atoms with E-state index < -0.39 is 28.2 Å². The molecule has 2 N–H and O–H groups in total. The summed E-state index contributed by atoms with van der Waals surface area (Å²) in [4.78, 5) is 15.9. The Kier molecular flexibility index (Phi) is 4.94. The van der Waals surface area contributed by atoms with Crippen molar-refractivity contribution in [3.63, 3.8) is 0 Å². The molecule has 0 spiro atoms. The van der Waals surface area contributed by atoms with E-state index in [0.717, 1.165) is 24.6 Å². The molecule has 1 aliphatic carbocycles. The number of hydrogen-bond donors (Lipinski definition) is 2. The fraction of sp³-hybridized carbons (Fsp3) is 0.474. The van der Waals surface area contributed by atoms with Gasteiger partial charge in [0.15, 0.2) is 0 Å². The van der Waals surface area contributed by atoms with Gasteiger partial charge in [-0.25, -0.2) is 0 Å². The second kappa shape index (κ2) is 7.46. The third kappa shape index (κ3) is 4.19. The molecular weight excluding hydrogens is 451 g/mol. The molecule has 2 aliphatic rings. The smallest absolute Gasteiger partial charge is 0.329 e. The maximum absolute atomic E-state index is 12.7. The first-order valence-corrected chi connectivity index (χ1v) is 11.9. The van der Waals surface area contributed by atoms with E-state index in [0.29, 0.717) is 23.8 Å². The lowest BCUT2D eigenvalue weighted by molar-refractivity contribution is -0.159. The Balaban J connectivity index is 1.38. The predicted octanol–water partition coefficient (Wildman–Crippen LogP) is 3.73. The highest BCUT2D eigenvalue weighted by Crippen LogP contribution is 2.51. The molecule has 1 saturated carbocycles. The van der Waals surface area contributed by atoms with Gasteiger partial charge in [-0.05, 0) is 31.4 Å². The molecule has 3 aromatic rings. The van der Waals surface area contributed by atoms with E-state index in [1.807, 2.05) is 10.7 Å². The number of pyridine rings is 1. The zero-order chi connectivity index (χ0) is 22.7. The van der Waals surface area contributed by atoms with E-state index in [1.54, 1.807) is 0 Å². The summed E-state index contributed by atoms with van der Waals surface area (Å²) in [5.41, 5.74) is 1.37. The number of aromatic nitrogens is 5.